The molecule has 0 fully saturated rings. The number of oxazole rings is 1. The van der Waals surface area contributed by atoms with Gasteiger partial charge in [-0.1, -0.05) is 99.6 Å². The average Bonchev–Trinajstić information content (AvgIpc) is 3.84. The topological polar surface area (TPSA) is 85.4 Å². The van der Waals surface area contributed by atoms with Gasteiger partial charge in [-0.25, -0.2) is 4.98 Å². The summed E-state index contributed by atoms with van der Waals surface area (Å²) in [4.78, 5) is 10.3. The largest absolute Gasteiger partial charge is 0.507 e. The molecule has 0 saturated heterocycles. The Hall–Kier alpha value is -5.62. The molecule has 0 aliphatic carbocycles. The van der Waals surface area contributed by atoms with Gasteiger partial charge in [0, 0.05) is 40.1 Å². The Labute approximate surface area is 336 Å². The highest BCUT2D eigenvalue weighted by Crippen LogP contribution is 2.47. The van der Waals surface area contributed by atoms with Crippen LogP contribution in [-0.2, 0) is 11.8 Å². The first-order chi connectivity index (χ1) is 26.9. The van der Waals surface area contributed by atoms with E-state index in [9.17, 15) is 5.11 Å². The van der Waals surface area contributed by atoms with Crippen molar-refractivity contribution >= 4 is 33.0 Å². The lowest BCUT2D eigenvalue weighted by atomic mass is 9.82. The molecule has 0 radical (unpaired) electrons. The Morgan fingerprint density at radius 1 is 0.702 bits per heavy atom. The van der Waals surface area contributed by atoms with Crippen LogP contribution in [0.25, 0.3) is 78.0 Å². The minimum atomic E-state index is -0.173. The molecule has 292 valence electrons. The molecule has 0 atom stereocenters. The molecule has 0 saturated carbocycles. The molecule has 6 nitrogen and oxygen atoms in total. The van der Waals surface area contributed by atoms with Gasteiger partial charge >= 0.3 is 0 Å². The van der Waals surface area contributed by atoms with Crippen molar-refractivity contribution in [3.8, 4) is 50.7 Å². The number of pyridine rings is 1. The molecule has 1 N–H and O–H groups in total. The average molecular weight is 759 g/mol. The second-order valence-electron chi connectivity index (χ2n) is 18.7. The monoisotopic (exact) mass is 758 g/mol. The lowest BCUT2D eigenvalue weighted by Gasteiger charge is -2.22. The molecule has 8 aromatic rings. The lowest BCUT2D eigenvalue weighted by Crippen LogP contribution is -2.11. The number of aryl methyl sites for hydroxylation is 2. The van der Waals surface area contributed by atoms with Gasteiger partial charge in [-0.15, -0.1) is 0 Å². The highest BCUT2D eigenvalue weighted by molar-refractivity contribution is 6.05. The molecule has 0 aliphatic rings. The van der Waals surface area contributed by atoms with Crippen LogP contribution in [0.1, 0.15) is 115 Å². The molecule has 4 aromatic heterocycles. The van der Waals surface area contributed by atoms with Crippen LogP contribution >= 0.6 is 0 Å². The summed E-state index contributed by atoms with van der Waals surface area (Å²) in [5.41, 5.74) is 13.8. The highest BCUT2D eigenvalue weighted by Gasteiger charge is 2.27. The summed E-state index contributed by atoms with van der Waals surface area (Å²) in [5, 5.41) is 13.3. The van der Waals surface area contributed by atoms with Crippen molar-refractivity contribution in [3.05, 3.63) is 113 Å². The van der Waals surface area contributed by atoms with Crippen LogP contribution in [-0.4, -0.2) is 15.1 Å². The van der Waals surface area contributed by atoms with Crippen molar-refractivity contribution in [2.45, 2.75) is 107 Å². The smallest absolute Gasteiger partial charge is 0.231 e. The molecule has 4 aromatic carbocycles. The fraction of sp³-hybridized carbons (Fsp3) is 0.333. The molecule has 8 rings (SSSR count). The molecule has 4 heterocycles. The molecular formula is C51H54N2O4. The summed E-state index contributed by atoms with van der Waals surface area (Å²) in [6, 6.07) is 25.4. The summed E-state index contributed by atoms with van der Waals surface area (Å²) < 4.78 is 19.7. The maximum absolute atomic E-state index is 11.5. The third-order valence-electron chi connectivity index (χ3n) is 11.3. The second-order valence-corrected chi connectivity index (χ2v) is 18.7. The van der Waals surface area contributed by atoms with E-state index in [1.165, 1.54) is 16.7 Å². The Morgan fingerprint density at radius 3 is 2.05 bits per heavy atom. The van der Waals surface area contributed by atoms with Crippen molar-refractivity contribution in [1.82, 2.24) is 9.97 Å². The normalized spacial score (nSPS) is 12.7. The standard InChI is InChI=1S/C51H54N2O4/c1-27(2)36-14-13-15-37(28(3)4)43(36)39-17-16-38(46-48(39)57-49(53-46)44-40(54)18-19-41-42(44)29(5)30(6)55-41)32-22-33(24-34(23-32)51(10,11)12)45-47-31(20-21-52-45)25-35(56-47)26-50(7,8)9/h13-25,27-28,54H,26H2,1-12H3. The van der Waals surface area contributed by atoms with E-state index in [1.54, 1.807) is 12.1 Å². The zero-order chi connectivity index (χ0) is 40.7. The second kappa shape index (κ2) is 13.8. The van der Waals surface area contributed by atoms with Crippen LogP contribution in [0, 0.1) is 19.3 Å². The molecule has 0 bridgehead atoms. The van der Waals surface area contributed by atoms with Crippen LogP contribution < -0.4 is 0 Å². The van der Waals surface area contributed by atoms with Crippen LogP contribution in [0.2, 0.25) is 0 Å². The Balaban J connectivity index is 1.44. The maximum Gasteiger partial charge on any atom is 0.231 e. The van der Waals surface area contributed by atoms with Gasteiger partial charge < -0.3 is 18.4 Å². The third-order valence-corrected chi connectivity index (χ3v) is 11.3. The van der Waals surface area contributed by atoms with Crippen molar-refractivity contribution in [2.75, 3.05) is 0 Å². The van der Waals surface area contributed by atoms with Crippen LogP contribution in [0.5, 0.6) is 5.75 Å². The fourth-order valence-electron chi connectivity index (χ4n) is 8.26. The molecule has 6 heteroatoms. The molecule has 0 spiro atoms. The predicted molar refractivity (Wildman–Crippen MR) is 234 cm³/mol. The number of aromatic hydroxyl groups is 1. The molecule has 0 aliphatic heterocycles. The van der Waals surface area contributed by atoms with E-state index < -0.39 is 0 Å². The first-order valence-corrected chi connectivity index (χ1v) is 20.2. The van der Waals surface area contributed by atoms with Crippen molar-refractivity contribution in [3.63, 3.8) is 0 Å². The minimum absolute atomic E-state index is 0.0812. The van der Waals surface area contributed by atoms with Gasteiger partial charge in [0.2, 0.25) is 5.89 Å². The molecule has 57 heavy (non-hydrogen) atoms. The van der Waals surface area contributed by atoms with Crippen molar-refractivity contribution in [2.24, 2.45) is 5.41 Å². The number of phenolic OH excluding ortho intramolecular Hbond substituents is 1. The number of nitrogens with zero attached hydrogens (tertiary/aromatic N) is 2. The SMILES string of the molecule is Cc1oc2ccc(O)c(-c3nc4c(-c5cc(-c6nccc7cc(CC(C)(C)C)oc67)cc(C(C)(C)C)c5)ccc(-c5c(C(C)C)cccc5C(C)C)c4o3)c2c1C. The maximum atomic E-state index is 11.5. The summed E-state index contributed by atoms with van der Waals surface area (Å²) in [7, 11) is 0. The summed E-state index contributed by atoms with van der Waals surface area (Å²) in [6.45, 7) is 26.3. The van der Waals surface area contributed by atoms with E-state index >= 15 is 0 Å². The van der Waals surface area contributed by atoms with Crippen LogP contribution in [0.4, 0.5) is 0 Å². The van der Waals surface area contributed by atoms with Gasteiger partial charge in [-0.05, 0) is 112 Å². The van der Waals surface area contributed by atoms with Gasteiger partial charge in [0.05, 0.1) is 5.56 Å². The number of benzene rings is 4. The first kappa shape index (κ1) is 38.3. The predicted octanol–water partition coefficient (Wildman–Crippen LogP) is 14.8. The van der Waals surface area contributed by atoms with Gasteiger partial charge in [0.1, 0.15) is 34.1 Å². The summed E-state index contributed by atoms with van der Waals surface area (Å²) in [6.07, 6.45) is 2.70. The fourth-order valence-corrected chi connectivity index (χ4v) is 8.26. The Kier molecular flexibility index (Phi) is 9.26. The van der Waals surface area contributed by atoms with E-state index in [4.69, 9.17) is 23.2 Å². The third kappa shape index (κ3) is 6.83. The Bertz CT molecular complexity index is 2800. The Morgan fingerprint density at radius 2 is 1.39 bits per heavy atom. The van der Waals surface area contributed by atoms with E-state index in [-0.39, 0.29) is 28.4 Å². The minimum Gasteiger partial charge on any atom is -0.507 e. The number of fused-ring (bicyclic) bond motifs is 3. The van der Waals surface area contributed by atoms with Gasteiger partial charge in [-0.3, -0.25) is 4.98 Å². The van der Waals surface area contributed by atoms with Crippen LogP contribution in [0.3, 0.4) is 0 Å². The zero-order valence-electron chi connectivity index (χ0n) is 35.4. The number of rotatable bonds is 7. The number of furan rings is 2. The molecule has 0 amide bonds. The van der Waals surface area contributed by atoms with Crippen molar-refractivity contribution in [1.29, 1.82) is 0 Å². The zero-order valence-corrected chi connectivity index (χ0v) is 35.4. The van der Waals surface area contributed by atoms with Gasteiger partial charge in [0.25, 0.3) is 0 Å². The number of aromatic nitrogens is 2. The summed E-state index contributed by atoms with van der Waals surface area (Å²) >= 11 is 0. The first-order valence-electron chi connectivity index (χ1n) is 20.2. The number of hydrogen-bond acceptors (Lipinski definition) is 6. The van der Waals surface area contributed by atoms with E-state index in [1.807, 2.05) is 26.1 Å². The van der Waals surface area contributed by atoms with E-state index in [2.05, 4.69) is 124 Å². The number of hydrogen-bond donors (Lipinski definition) is 1. The lowest BCUT2D eigenvalue weighted by molar-refractivity contribution is 0.370. The summed E-state index contributed by atoms with van der Waals surface area (Å²) in [5.74, 6) is 2.73. The van der Waals surface area contributed by atoms with E-state index in [0.29, 0.717) is 22.6 Å². The van der Waals surface area contributed by atoms with Gasteiger partial charge in [0.15, 0.2) is 11.2 Å². The van der Waals surface area contributed by atoms with Crippen molar-refractivity contribution < 1.29 is 18.4 Å². The number of phenols is 1. The molecular weight excluding hydrogens is 705 g/mol. The van der Waals surface area contributed by atoms with E-state index in [0.717, 1.165) is 78.9 Å². The highest BCUT2D eigenvalue weighted by atomic mass is 16.4. The quantitative estimate of drug-likeness (QED) is 0.174. The van der Waals surface area contributed by atoms with Gasteiger partial charge in [-0.2, -0.15) is 0 Å². The van der Waals surface area contributed by atoms with Crippen LogP contribution in [0.15, 0.2) is 92.2 Å². The molecule has 0 unspecified atom stereocenters.